The highest BCUT2D eigenvalue weighted by Crippen LogP contribution is 2.18. The number of aromatic nitrogens is 2. The number of hydrogen-bond donors (Lipinski definition) is 1. The summed E-state index contributed by atoms with van der Waals surface area (Å²) in [5, 5.41) is 0.640. The molecule has 0 aromatic carbocycles. The maximum absolute atomic E-state index is 5.50. The van der Waals surface area contributed by atoms with Crippen LogP contribution in [0.15, 0.2) is 0 Å². The molecule has 1 unspecified atom stereocenters. The van der Waals surface area contributed by atoms with Crippen molar-refractivity contribution >= 4 is 24.2 Å². The highest BCUT2D eigenvalue weighted by molar-refractivity contribution is 7.79. The van der Waals surface area contributed by atoms with Crippen molar-refractivity contribution in [3.8, 4) is 5.19 Å². The molecule has 0 N–H and O–H groups in total. The van der Waals surface area contributed by atoms with Crippen LogP contribution in [0.5, 0.6) is 5.19 Å². The molecule has 6 heteroatoms. The standard InChI is InChI=1S/C8H12N2O2S2/c13-5-7-9-8(14-10-7)12-4-6-1-2-11-3-6/h6,13H,1-5H2. The van der Waals surface area contributed by atoms with Gasteiger partial charge in [-0.1, -0.05) is 0 Å². The summed E-state index contributed by atoms with van der Waals surface area (Å²) < 4.78 is 14.8. The number of nitrogens with zero attached hydrogens (tertiary/aromatic N) is 2. The summed E-state index contributed by atoms with van der Waals surface area (Å²) in [4.78, 5) is 4.16. The molecule has 0 amide bonds. The number of thiol groups is 1. The molecule has 1 saturated heterocycles. The average Bonchev–Trinajstić information content (AvgIpc) is 2.86. The molecule has 0 radical (unpaired) electrons. The summed E-state index contributed by atoms with van der Waals surface area (Å²) in [5.74, 6) is 1.81. The molecule has 0 saturated carbocycles. The normalized spacial score (nSPS) is 21.4. The molecular formula is C8H12N2O2S2. The Morgan fingerprint density at radius 2 is 2.57 bits per heavy atom. The largest absolute Gasteiger partial charge is 0.469 e. The van der Waals surface area contributed by atoms with Gasteiger partial charge in [0.2, 0.25) is 0 Å². The van der Waals surface area contributed by atoms with Gasteiger partial charge in [-0.15, -0.1) is 0 Å². The maximum atomic E-state index is 5.50. The lowest BCUT2D eigenvalue weighted by molar-refractivity contribution is 0.167. The molecule has 4 nitrogen and oxygen atoms in total. The fourth-order valence-electron chi connectivity index (χ4n) is 1.26. The molecule has 0 bridgehead atoms. The van der Waals surface area contributed by atoms with Crippen LogP contribution in [-0.2, 0) is 10.5 Å². The Morgan fingerprint density at radius 3 is 3.21 bits per heavy atom. The molecule has 1 aromatic heterocycles. The Bertz CT molecular complexity index is 287. The van der Waals surface area contributed by atoms with Crippen LogP contribution in [0.2, 0.25) is 0 Å². The van der Waals surface area contributed by atoms with Crippen LogP contribution < -0.4 is 4.74 Å². The molecular weight excluding hydrogens is 220 g/mol. The Kier molecular flexibility index (Phi) is 3.61. The van der Waals surface area contributed by atoms with Crippen molar-refractivity contribution in [3.05, 3.63) is 5.82 Å². The van der Waals surface area contributed by atoms with Crippen LogP contribution in [0, 0.1) is 5.92 Å². The minimum atomic E-state index is 0.512. The molecule has 14 heavy (non-hydrogen) atoms. The van der Waals surface area contributed by atoms with E-state index in [1.807, 2.05) is 0 Å². The first-order valence-electron chi connectivity index (χ1n) is 4.52. The molecule has 1 aliphatic heterocycles. The molecule has 2 rings (SSSR count). The minimum Gasteiger partial charge on any atom is -0.469 e. The summed E-state index contributed by atoms with van der Waals surface area (Å²) in [6, 6.07) is 0. The molecule has 0 spiro atoms. The Labute approximate surface area is 92.2 Å². The SMILES string of the molecule is SCc1nsc(OCC2CCOC2)n1. The highest BCUT2D eigenvalue weighted by Gasteiger charge is 2.17. The first kappa shape index (κ1) is 10.2. The molecule has 1 aliphatic rings. The highest BCUT2D eigenvalue weighted by atomic mass is 32.1. The first-order valence-corrected chi connectivity index (χ1v) is 5.93. The van der Waals surface area contributed by atoms with Gasteiger partial charge in [-0.2, -0.15) is 22.0 Å². The zero-order valence-corrected chi connectivity index (χ0v) is 9.39. The second-order valence-corrected chi connectivity index (χ2v) is 4.21. The van der Waals surface area contributed by atoms with Crippen LogP contribution in [0.25, 0.3) is 0 Å². The third-order valence-corrected chi connectivity index (χ3v) is 3.01. The fraction of sp³-hybridized carbons (Fsp3) is 0.750. The number of rotatable bonds is 4. The third kappa shape index (κ3) is 2.59. The molecule has 78 valence electrons. The summed E-state index contributed by atoms with van der Waals surface area (Å²) >= 11 is 5.37. The summed E-state index contributed by atoms with van der Waals surface area (Å²) in [6.45, 7) is 2.34. The van der Waals surface area contributed by atoms with E-state index in [1.54, 1.807) is 0 Å². The summed E-state index contributed by atoms with van der Waals surface area (Å²) in [7, 11) is 0. The molecule has 1 fully saturated rings. The quantitative estimate of drug-likeness (QED) is 0.797. The summed E-state index contributed by atoms with van der Waals surface area (Å²) in [6.07, 6.45) is 1.08. The molecule has 1 aromatic rings. The van der Waals surface area contributed by atoms with Crippen molar-refractivity contribution in [1.82, 2.24) is 9.36 Å². The predicted molar refractivity (Wildman–Crippen MR) is 57.0 cm³/mol. The second kappa shape index (κ2) is 4.95. The van der Waals surface area contributed by atoms with E-state index in [-0.39, 0.29) is 0 Å². The van der Waals surface area contributed by atoms with Gasteiger partial charge in [0.05, 0.1) is 19.0 Å². The van der Waals surface area contributed by atoms with Gasteiger partial charge in [0.15, 0.2) is 5.82 Å². The molecule has 1 atom stereocenters. The van der Waals surface area contributed by atoms with Crippen LogP contribution >= 0.6 is 24.2 Å². The van der Waals surface area contributed by atoms with E-state index in [1.165, 1.54) is 11.5 Å². The van der Waals surface area contributed by atoms with Gasteiger partial charge in [-0.25, -0.2) is 0 Å². The van der Waals surface area contributed by atoms with E-state index in [0.717, 1.165) is 25.5 Å². The van der Waals surface area contributed by atoms with Gasteiger partial charge >= 0.3 is 0 Å². The number of hydrogen-bond acceptors (Lipinski definition) is 6. The monoisotopic (exact) mass is 232 g/mol. The molecule has 0 aliphatic carbocycles. The van der Waals surface area contributed by atoms with Crippen molar-refractivity contribution in [1.29, 1.82) is 0 Å². The lowest BCUT2D eigenvalue weighted by atomic mass is 10.1. The maximum Gasteiger partial charge on any atom is 0.293 e. The van der Waals surface area contributed by atoms with Crippen molar-refractivity contribution < 1.29 is 9.47 Å². The van der Waals surface area contributed by atoms with Gasteiger partial charge in [-0.3, -0.25) is 0 Å². The van der Waals surface area contributed by atoms with Crippen molar-refractivity contribution in [2.45, 2.75) is 12.2 Å². The van der Waals surface area contributed by atoms with Gasteiger partial charge < -0.3 is 9.47 Å². The van der Waals surface area contributed by atoms with Crippen LogP contribution in [0.1, 0.15) is 12.2 Å². The smallest absolute Gasteiger partial charge is 0.293 e. The Hall–Kier alpha value is -0.330. The van der Waals surface area contributed by atoms with Crippen molar-refractivity contribution in [2.24, 2.45) is 5.92 Å². The van der Waals surface area contributed by atoms with Gasteiger partial charge in [0.1, 0.15) is 0 Å². The summed E-state index contributed by atoms with van der Waals surface area (Å²) in [5.41, 5.74) is 0. The van der Waals surface area contributed by atoms with Crippen LogP contribution in [0.3, 0.4) is 0 Å². The van der Waals surface area contributed by atoms with Crippen molar-refractivity contribution in [2.75, 3.05) is 19.8 Å². The van der Waals surface area contributed by atoms with E-state index in [0.29, 0.717) is 23.5 Å². The van der Waals surface area contributed by atoms with E-state index < -0.39 is 0 Å². The minimum absolute atomic E-state index is 0.512. The zero-order chi connectivity index (χ0) is 9.80. The van der Waals surface area contributed by atoms with E-state index in [4.69, 9.17) is 9.47 Å². The number of ether oxygens (including phenoxy) is 2. The van der Waals surface area contributed by atoms with Crippen molar-refractivity contribution in [3.63, 3.8) is 0 Å². The van der Waals surface area contributed by atoms with Crippen LogP contribution in [-0.4, -0.2) is 29.2 Å². The zero-order valence-electron chi connectivity index (χ0n) is 7.68. The van der Waals surface area contributed by atoms with E-state index in [2.05, 4.69) is 22.0 Å². The second-order valence-electron chi connectivity index (χ2n) is 3.18. The van der Waals surface area contributed by atoms with Gasteiger partial charge in [0.25, 0.3) is 5.19 Å². The lowest BCUT2D eigenvalue weighted by Crippen LogP contribution is -2.11. The lowest BCUT2D eigenvalue weighted by Gasteiger charge is -2.06. The third-order valence-electron chi connectivity index (χ3n) is 2.06. The topological polar surface area (TPSA) is 44.2 Å². The van der Waals surface area contributed by atoms with Gasteiger partial charge in [0, 0.05) is 24.1 Å². The van der Waals surface area contributed by atoms with Crippen LogP contribution in [0.4, 0.5) is 0 Å². The first-order chi connectivity index (χ1) is 6.88. The van der Waals surface area contributed by atoms with Gasteiger partial charge in [-0.05, 0) is 6.42 Å². The fourth-order valence-corrected chi connectivity index (χ4v) is 2.06. The van der Waals surface area contributed by atoms with E-state index in [9.17, 15) is 0 Å². The molecule has 2 heterocycles. The average molecular weight is 232 g/mol. The Morgan fingerprint density at radius 1 is 1.64 bits per heavy atom. The van der Waals surface area contributed by atoms with E-state index >= 15 is 0 Å². The predicted octanol–water partition coefficient (Wildman–Crippen LogP) is 1.38. The Balaban J connectivity index is 1.79.